The summed E-state index contributed by atoms with van der Waals surface area (Å²) in [4.78, 5) is 25.4. The van der Waals surface area contributed by atoms with Gasteiger partial charge in [-0.1, -0.05) is 72.8 Å². The summed E-state index contributed by atoms with van der Waals surface area (Å²) < 4.78 is 10.9. The molecule has 0 fully saturated rings. The Labute approximate surface area is 159 Å². The van der Waals surface area contributed by atoms with E-state index in [9.17, 15) is 9.59 Å². The van der Waals surface area contributed by atoms with Crippen molar-refractivity contribution in [1.82, 2.24) is 0 Å². The molecule has 0 N–H and O–H groups in total. The Morgan fingerprint density at radius 3 is 1.81 bits per heavy atom. The first kappa shape index (κ1) is 18.9. The lowest BCUT2D eigenvalue weighted by atomic mass is 9.84. The smallest absolute Gasteiger partial charge is 0.321 e. The first-order chi connectivity index (χ1) is 13.2. The summed E-state index contributed by atoms with van der Waals surface area (Å²) in [6.45, 7) is 0.303. The van der Waals surface area contributed by atoms with Crippen LogP contribution >= 0.6 is 0 Å². The summed E-state index contributed by atoms with van der Waals surface area (Å²) >= 11 is 0. The molecule has 4 nitrogen and oxygen atoms in total. The second kappa shape index (κ2) is 9.72. The van der Waals surface area contributed by atoms with Gasteiger partial charge in [0.1, 0.15) is 13.2 Å². The minimum atomic E-state index is -0.922. The molecule has 4 heteroatoms. The number of hydrogen-bond acceptors (Lipinski definition) is 4. The van der Waals surface area contributed by atoms with Crippen molar-refractivity contribution in [2.75, 3.05) is 0 Å². The molecule has 0 radical (unpaired) electrons. The maximum absolute atomic E-state index is 12.7. The second-order valence-corrected chi connectivity index (χ2v) is 6.69. The van der Waals surface area contributed by atoms with Gasteiger partial charge in [-0.15, -0.1) is 0 Å². The third-order valence-electron chi connectivity index (χ3n) is 4.68. The Hall–Kier alpha value is -2.88. The van der Waals surface area contributed by atoms with Crippen molar-refractivity contribution >= 4 is 11.9 Å². The van der Waals surface area contributed by atoms with Crippen LogP contribution in [0.3, 0.4) is 0 Å². The van der Waals surface area contributed by atoms with Crippen LogP contribution in [0.2, 0.25) is 0 Å². The van der Waals surface area contributed by atoms with Gasteiger partial charge in [0.25, 0.3) is 0 Å². The summed E-state index contributed by atoms with van der Waals surface area (Å²) in [5, 5.41) is 0. The van der Waals surface area contributed by atoms with Crippen LogP contribution in [0.25, 0.3) is 0 Å². The highest BCUT2D eigenvalue weighted by Crippen LogP contribution is 2.27. The van der Waals surface area contributed by atoms with Gasteiger partial charge in [-0.2, -0.15) is 0 Å². The van der Waals surface area contributed by atoms with E-state index >= 15 is 0 Å². The number of hydrogen-bond donors (Lipinski definition) is 0. The lowest BCUT2D eigenvalue weighted by Crippen LogP contribution is -2.34. The Morgan fingerprint density at radius 2 is 1.37 bits per heavy atom. The third kappa shape index (κ3) is 5.55. The first-order valence-electron chi connectivity index (χ1n) is 9.32. The Morgan fingerprint density at radius 1 is 0.852 bits per heavy atom. The van der Waals surface area contributed by atoms with Crippen LogP contribution in [0.4, 0.5) is 0 Å². The molecule has 0 spiro atoms. The third-order valence-corrected chi connectivity index (χ3v) is 4.68. The highest BCUT2D eigenvalue weighted by molar-refractivity contribution is 5.95. The maximum Gasteiger partial charge on any atom is 0.321 e. The zero-order valence-electron chi connectivity index (χ0n) is 15.3. The highest BCUT2D eigenvalue weighted by Gasteiger charge is 2.36. The van der Waals surface area contributed by atoms with E-state index in [1.54, 1.807) is 0 Å². The Balaban J connectivity index is 1.65. The molecule has 0 saturated carbocycles. The van der Waals surface area contributed by atoms with E-state index in [1.807, 2.05) is 72.8 Å². The van der Waals surface area contributed by atoms with Crippen LogP contribution in [-0.4, -0.2) is 11.9 Å². The molecule has 0 aliphatic heterocycles. The Kier molecular flexibility index (Phi) is 6.80. The van der Waals surface area contributed by atoms with Crippen molar-refractivity contribution in [2.24, 2.45) is 11.8 Å². The molecular formula is C23H24O4. The van der Waals surface area contributed by atoms with Crippen LogP contribution in [0.15, 0.2) is 72.8 Å². The number of allylic oxidation sites excluding steroid dienone is 2. The van der Waals surface area contributed by atoms with Gasteiger partial charge in [-0.3, -0.25) is 9.59 Å². The van der Waals surface area contributed by atoms with Gasteiger partial charge in [0.15, 0.2) is 5.92 Å². The van der Waals surface area contributed by atoms with Crippen LogP contribution in [0.1, 0.15) is 30.4 Å². The average molecular weight is 364 g/mol. The van der Waals surface area contributed by atoms with E-state index in [0.717, 1.165) is 30.4 Å². The molecule has 27 heavy (non-hydrogen) atoms. The summed E-state index contributed by atoms with van der Waals surface area (Å²) in [6, 6.07) is 18.9. The van der Waals surface area contributed by atoms with Crippen LogP contribution < -0.4 is 0 Å². The van der Waals surface area contributed by atoms with Gasteiger partial charge < -0.3 is 9.47 Å². The van der Waals surface area contributed by atoms with Crippen molar-refractivity contribution in [3.05, 3.63) is 83.9 Å². The summed E-state index contributed by atoms with van der Waals surface area (Å²) in [7, 11) is 0. The first-order valence-corrected chi connectivity index (χ1v) is 9.32. The largest absolute Gasteiger partial charge is 0.460 e. The molecule has 2 aromatic rings. The maximum atomic E-state index is 12.7. The van der Waals surface area contributed by atoms with Gasteiger partial charge in [0, 0.05) is 5.92 Å². The SMILES string of the molecule is O=C(OCc1ccccc1)C(C(=O)OCc1ccccc1)C1C=CCCC1. The van der Waals surface area contributed by atoms with E-state index in [-0.39, 0.29) is 19.1 Å². The van der Waals surface area contributed by atoms with Crippen molar-refractivity contribution in [1.29, 1.82) is 0 Å². The van der Waals surface area contributed by atoms with E-state index < -0.39 is 17.9 Å². The highest BCUT2D eigenvalue weighted by atomic mass is 16.6. The molecule has 0 heterocycles. The lowest BCUT2D eigenvalue weighted by Gasteiger charge is -2.24. The van der Waals surface area contributed by atoms with Crippen LogP contribution in [0, 0.1) is 11.8 Å². The van der Waals surface area contributed by atoms with Crippen molar-refractivity contribution in [2.45, 2.75) is 32.5 Å². The van der Waals surface area contributed by atoms with Gasteiger partial charge in [0.05, 0.1) is 0 Å². The zero-order valence-corrected chi connectivity index (χ0v) is 15.3. The quantitative estimate of drug-likeness (QED) is 0.414. The topological polar surface area (TPSA) is 52.6 Å². The fourth-order valence-corrected chi connectivity index (χ4v) is 3.20. The number of benzene rings is 2. The lowest BCUT2D eigenvalue weighted by molar-refractivity contribution is -0.166. The zero-order chi connectivity index (χ0) is 18.9. The monoisotopic (exact) mass is 364 g/mol. The molecule has 1 unspecified atom stereocenters. The second-order valence-electron chi connectivity index (χ2n) is 6.69. The Bertz CT molecular complexity index is 712. The fourth-order valence-electron chi connectivity index (χ4n) is 3.20. The average Bonchev–Trinajstić information content (AvgIpc) is 2.73. The molecular weight excluding hydrogens is 340 g/mol. The van der Waals surface area contributed by atoms with Crippen molar-refractivity contribution in [3.8, 4) is 0 Å². The van der Waals surface area contributed by atoms with Crippen LogP contribution in [0.5, 0.6) is 0 Å². The predicted molar refractivity (Wildman–Crippen MR) is 102 cm³/mol. The molecule has 0 amide bonds. The minimum absolute atomic E-state index is 0.151. The van der Waals surface area contributed by atoms with E-state index in [2.05, 4.69) is 0 Å². The molecule has 1 atom stereocenters. The van der Waals surface area contributed by atoms with Crippen molar-refractivity contribution < 1.29 is 19.1 Å². The number of carbonyl (C=O) groups is 2. The summed E-state index contributed by atoms with van der Waals surface area (Å²) in [5.41, 5.74) is 1.78. The minimum Gasteiger partial charge on any atom is -0.460 e. The molecule has 1 aliphatic carbocycles. The van der Waals surface area contributed by atoms with E-state index in [4.69, 9.17) is 9.47 Å². The molecule has 0 aromatic heterocycles. The molecule has 2 aromatic carbocycles. The van der Waals surface area contributed by atoms with Gasteiger partial charge in [-0.25, -0.2) is 0 Å². The van der Waals surface area contributed by atoms with Gasteiger partial charge in [0.2, 0.25) is 0 Å². The van der Waals surface area contributed by atoms with Crippen molar-refractivity contribution in [3.63, 3.8) is 0 Å². The van der Waals surface area contributed by atoms with Gasteiger partial charge in [-0.05, 0) is 30.4 Å². The number of carbonyl (C=O) groups excluding carboxylic acids is 2. The normalized spacial score (nSPS) is 16.1. The molecule has 0 saturated heterocycles. The summed E-state index contributed by atoms with van der Waals surface area (Å²) in [5.74, 6) is -2.14. The van der Waals surface area contributed by atoms with Crippen LogP contribution in [-0.2, 0) is 32.3 Å². The number of ether oxygens (including phenoxy) is 2. The van der Waals surface area contributed by atoms with E-state index in [1.165, 1.54) is 0 Å². The predicted octanol–water partition coefficient (Wildman–Crippen LogP) is 4.45. The van der Waals surface area contributed by atoms with Gasteiger partial charge >= 0.3 is 11.9 Å². The molecule has 1 aliphatic rings. The number of esters is 2. The standard InChI is InChI=1S/C23H24O4/c24-22(26-16-18-10-4-1-5-11-18)21(20-14-8-3-9-15-20)23(25)27-17-19-12-6-2-7-13-19/h1-2,4-8,10-14,20-21H,3,9,15-17H2. The number of rotatable bonds is 7. The fraction of sp³-hybridized carbons (Fsp3) is 0.304. The van der Waals surface area contributed by atoms with E-state index in [0.29, 0.717) is 0 Å². The summed E-state index contributed by atoms with van der Waals surface area (Å²) in [6.07, 6.45) is 6.68. The molecule has 3 rings (SSSR count). The molecule has 0 bridgehead atoms. The molecule has 140 valence electrons.